The summed E-state index contributed by atoms with van der Waals surface area (Å²) >= 11 is 0. The summed E-state index contributed by atoms with van der Waals surface area (Å²) < 4.78 is 5.49. The Morgan fingerprint density at radius 2 is 2.00 bits per heavy atom. The predicted octanol–water partition coefficient (Wildman–Crippen LogP) is 1.89. The van der Waals surface area contributed by atoms with E-state index >= 15 is 0 Å². The summed E-state index contributed by atoms with van der Waals surface area (Å²) in [6.45, 7) is 8.47. The molecule has 5 nitrogen and oxygen atoms in total. The fourth-order valence-electron chi connectivity index (χ4n) is 2.02. The molecule has 1 amide bonds. The molecule has 0 aromatic heterocycles. The number of nitrogens with one attached hydrogen (secondary N) is 1. The summed E-state index contributed by atoms with van der Waals surface area (Å²) in [5.41, 5.74) is 6.35. The topological polar surface area (TPSA) is 67.6 Å². The van der Waals surface area contributed by atoms with Gasteiger partial charge in [0.1, 0.15) is 5.75 Å². The first-order chi connectivity index (χ1) is 10.2. The van der Waals surface area contributed by atoms with E-state index in [1.807, 2.05) is 12.1 Å². The molecule has 1 aromatic carbocycles. The molecule has 0 atom stereocenters. The van der Waals surface area contributed by atoms with Gasteiger partial charge in [0.25, 0.3) is 0 Å². The number of carbonyl (C=O) groups is 1. The molecule has 0 aliphatic carbocycles. The summed E-state index contributed by atoms with van der Waals surface area (Å²) in [7, 11) is 0. The Labute approximate surface area is 127 Å². The molecule has 0 heterocycles. The van der Waals surface area contributed by atoms with Crippen LogP contribution in [0.4, 0.5) is 5.69 Å². The molecule has 0 bridgehead atoms. The highest BCUT2D eigenvalue weighted by Crippen LogP contribution is 2.19. The normalized spacial score (nSPS) is 10.6. The fourth-order valence-corrected chi connectivity index (χ4v) is 2.02. The smallest absolute Gasteiger partial charge is 0.223 e. The molecule has 0 unspecified atom stereocenters. The molecular weight excluding hydrogens is 266 g/mol. The van der Waals surface area contributed by atoms with Crippen molar-refractivity contribution in [2.24, 2.45) is 0 Å². The highest BCUT2D eigenvalue weighted by Gasteiger charge is 2.04. The second kappa shape index (κ2) is 10.0. The molecule has 0 aliphatic heterocycles. The number of para-hydroxylation sites is 2. The molecule has 0 aliphatic rings. The molecule has 3 N–H and O–H groups in total. The van der Waals surface area contributed by atoms with Crippen LogP contribution in [0.2, 0.25) is 0 Å². The average molecular weight is 293 g/mol. The Bertz CT molecular complexity index is 420. The van der Waals surface area contributed by atoms with Crippen molar-refractivity contribution in [1.82, 2.24) is 10.2 Å². The lowest BCUT2D eigenvalue weighted by atomic mass is 10.3. The van der Waals surface area contributed by atoms with Crippen LogP contribution in [0.3, 0.4) is 0 Å². The van der Waals surface area contributed by atoms with Crippen LogP contribution >= 0.6 is 0 Å². The SMILES string of the molecule is CCN(CC)CCCNC(=O)CCOc1ccccc1N. The lowest BCUT2D eigenvalue weighted by Crippen LogP contribution is -2.30. The molecule has 0 saturated carbocycles. The van der Waals surface area contributed by atoms with Gasteiger partial charge in [-0.15, -0.1) is 0 Å². The maximum Gasteiger partial charge on any atom is 0.223 e. The van der Waals surface area contributed by atoms with Crippen molar-refractivity contribution in [1.29, 1.82) is 0 Å². The molecule has 0 fully saturated rings. The Balaban J connectivity index is 2.10. The predicted molar refractivity (Wildman–Crippen MR) is 86.4 cm³/mol. The van der Waals surface area contributed by atoms with E-state index in [1.165, 1.54) is 0 Å². The highest BCUT2D eigenvalue weighted by molar-refractivity contribution is 5.75. The van der Waals surface area contributed by atoms with Crippen molar-refractivity contribution < 1.29 is 9.53 Å². The first-order valence-corrected chi connectivity index (χ1v) is 7.63. The van der Waals surface area contributed by atoms with Gasteiger partial charge in [-0.3, -0.25) is 4.79 Å². The van der Waals surface area contributed by atoms with E-state index in [1.54, 1.807) is 12.1 Å². The number of nitrogen functional groups attached to an aromatic ring is 1. The van der Waals surface area contributed by atoms with Crippen LogP contribution in [0, 0.1) is 0 Å². The van der Waals surface area contributed by atoms with E-state index in [9.17, 15) is 4.79 Å². The van der Waals surface area contributed by atoms with Gasteiger partial charge in [-0.25, -0.2) is 0 Å². The van der Waals surface area contributed by atoms with Gasteiger partial charge in [0.05, 0.1) is 18.7 Å². The van der Waals surface area contributed by atoms with E-state index < -0.39 is 0 Å². The first-order valence-electron chi connectivity index (χ1n) is 7.63. The van der Waals surface area contributed by atoms with E-state index in [0.29, 0.717) is 31.0 Å². The van der Waals surface area contributed by atoms with Crippen molar-refractivity contribution in [3.63, 3.8) is 0 Å². The third kappa shape index (κ3) is 6.99. The van der Waals surface area contributed by atoms with Crippen LogP contribution in [-0.2, 0) is 4.79 Å². The molecule has 1 aromatic rings. The number of rotatable bonds is 10. The van der Waals surface area contributed by atoms with Crippen LogP contribution < -0.4 is 15.8 Å². The zero-order valence-electron chi connectivity index (χ0n) is 13.1. The highest BCUT2D eigenvalue weighted by atomic mass is 16.5. The molecular formula is C16H27N3O2. The minimum atomic E-state index is 0.0176. The quantitative estimate of drug-likeness (QED) is 0.510. The maximum atomic E-state index is 11.7. The number of carbonyl (C=O) groups excluding carboxylic acids is 1. The van der Waals surface area contributed by atoms with Gasteiger partial charge in [0.2, 0.25) is 5.91 Å². The number of hydrogen-bond acceptors (Lipinski definition) is 4. The number of anilines is 1. The van der Waals surface area contributed by atoms with Crippen LogP contribution in [-0.4, -0.2) is 43.6 Å². The van der Waals surface area contributed by atoms with Gasteiger partial charge in [-0.05, 0) is 38.2 Å². The first kappa shape index (κ1) is 17.3. The lowest BCUT2D eigenvalue weighted by molar-refractivity contribution is -0.121. The van der Waals surface area contributed by atoms with Crippen LogP contribution in [0.5, 0.6) is 5.75 Å². The summed E-state index contributed by atoms with van der Waals surface area (Å²) in [6.07, 6.45) is 1.32. The van der Waals surface area contributed by atoms with Crippen molar-refractivity contribution in [3.8, 4) is 5.75 Å². The monoisotopic (exact) mass is 293 g/mol. The maximum absolute atomic E-state index is 11.7. The van der Waals surface area contributed by atoms with Crippen molar-refractivity contribution in [3.05, 3.63) is 24.3 Å². The van der Waals surface area contributed by atoms with E-state index in [0.717, 1.165) is 26.1 Å². The molecule has 118 valence electrons. The van der Waals surface area contributed by atoms with E-state index in [2.05, 4.69) is 24.1 Å². The molecule has 0 saturated heterocycles. The number of hydrogen-bond donors (Lipinski definition) is 2. The molecule has 0 radical (unpaired) electrons. The standard InChI is InChI=1S/C16H27N3O2/c1-3-19(4-2)12-7-11-18-16(20)10-13-21-15-9-6-5-8-14(15)17/h5-6,8-9H,3-4,7,10-13,17H2,1-2H3,(H,18,20). The Morgan fingerprint density at radius 3 is 2.67 bits per heavy atom. The Morgan fingerprint density at radius 1 is 1.29 bits per heavy atom. The Kier molecular flexibility index (Phi) is 8.28. The van der Waals surface area contributed by atoms with Gasteiger partial charge in [-0.2, -0.15) is 0 Å². The zero-order chi connectivity index (χ0) is 15.5. The zero-order valence-corrected chi connectivity index (χ0v) is 13.1. The second-order valence-corrected chi connectivity index (χ2v) is 4.87. The second-order valence-electron chi connectivity index (χ2n) is 4.87. The van der Waals surface area contributed by atoms with E-state index in [-0.39, 0.29) is 5.91 Å². The largest absolute Gasteiger partial charge is 0.491 e. The summed E-state index contributed by atoms with van der Waals surface area (Å²) in [6, 6.07) is 7.30. The minimum absolute atomic E-state index is 0.0176. The van der Waals surface area contributed by atoms with Gasteiger partial charge < -0.3 is 20.7 Å². The summed E-state index contributed by atoms with van der Waals surface area (Å²) in [4.78, 5) is 14.0. The number of nitrogens with two attached hydrogens (primary N) is 1. The summed E-state index contributed by atoms with van der Waals surface area (Å²) in [5.74, 6) is 0.649. The fraction of sp³-hybridized carbons (Fsp3) is 0.562. The van der Waals surface area contributed by atoms with Gasteiger partial charge in [0, 0.05) is 6.54 Å². The summed E-state index contributed by atoms with van der Waals surface area (Å²) in [5, 5.41) is 2.91. The minimum Gasteiger partial charge on any atom is -0.491 e. The third-order valence-electron chi connectivity index (χ3n) is 3.37. The Hall–Kier alpha value is -1.75. The van der Waals surface area contributed by atoms with Crippen LogP contribution in [0.1, 0.15) is 26.7 Å². The number of ether oxygens (including phenoxy) is 1. The van der Waals surface area contributed by atoms with E-state index in [4.69, 9.17) is 10.5 Å². The lowest BCUT2D eigenvalue weighted by Gasteiger charge is -2.17. The van der Waals surface area contributed by atoms with Crippen LogP contribution in [0.15, 0.2) is 24.3 Å². The van der Waals surface area contributed by atoms with Crippen LogP contribution in [0.25, 0.3) is 0 Å². The molecule has 0 spiro atoms. The number of benzene rings is 1. The number of amides is 1. The van der Waals surface area contributed by atoms with Crippen molar-refractivity contribution >= 4 is 11.6 Å². The van der Waals surface area contributed by atoms with Gasteiger partial charge in [-0.1, -0.05) is 26.0 Å². The molecule has 1 rings (SSSR count). The third-order valence-corrected chi connectivity index (χ3v) is 3.37. The number of nitrogens with zero attached hydrogens (tertiary/aromatic N) is 1. The van der Waals surface area contributed by atoms with Gasteiger partial charge >= 0.3 is 0 Å². The van der Waals surface area contributed by atoms with Crippen molar-refractivity contribution in [2.75, 3.05) is 38.5 Å². The van der Waals surface area contributed by atoms with Gasteiger partial charge in [0.15, 0.2) is 0 Å². The molecule has 21 heavy (non-hydrogen) atoms. The van der Waals surface area contributed by atoms with Crippen molar-refractivity contribution in [2.45, 2.75) is 26.7 Å². The average Bonchev–Trinajstić information content (AvgIpc) is 2.49. The molecule has 5 heteroatoms.